The molecule has 0 heterocycles. The Labute approximate surface area is 109 Å². The first-order valence-electron chi connectivity index (χ1n) is 6.70. The van der Waals surface area contributed by atoms with Gasteiger partial charge >= 0.3 is 0 Å². The maximum atomic E-state index is 6.54. The molecule has 0 atom stereocenters. The van der Waals surface area contributed by atoms with Gasteiger partial charge in [-0.3, -0.25) is 0 Å². The van der Waals surface area contributed by atoms with E-state index in [1.165, 1.54) is 12.8 Å². The number of benzene rings is 1. The van der Waals surface area contributed by atoms with Gasteiger partial charge in [0, 0.05) is 11.1 Å². The molecule has 0 aromatic heterocycles. The molecule has 2 rings (SSSR count). The number of hydrogen-bond donors (Lipinski definition) is 1. The Morgan fingerprint density at radius 1 is 1.22 bits per heavy atom. The minimum Gasteiger partial charge on any atom is -0.493 e. The Morgan fingerprint density at radius 3 is 2.44 bits per heavy atom. The number of para-hydroxylation sites is 1. The lowest BCUT2D eigenvalue weighted by Gasteiger charge is -2.28. The van der Waals surface area contributed by atoms with Crippen LogP contribution in [0.1, 0.15) is 45.1 Å². The van der Waals surface area contributed by atoms with Gasteiger partial charge in [-0.15, -0.1) is 0 Å². The quantitative estimate of drug-likeness (QED) is 0.891. The van der Waals surface area contributed by atoms with E-state index in [9.17, 15) is 0 Å². The summed E-state index contributed by atoms with van der Waals surface area (Å²) in [7, 11) is 1.67. The van der Waals surface area contributed by atoms with Crippen LogP contribution in [0.5, 0.6) is 11.5 Å². The third kappa shape index (κ3) is 2.46. The highest BCUT2D eigenvalue weighted by atomic mass is 16.5. The van der Waals surface area contributed by atoms with E-state index in [1.54, 1.807) is 7.11 Å². The lowest BCUT2D eigenvalue weighted by Crippen LogP contribution is -2.34. The Kier molecular flexibility index (Phi) is 3.81. The van der Waals surface area contributed by atoms with Crippen molar-refractivity contribution in [3.05, 3.63) is 23.8 Å². The van der Waals surface area contributed by atoms with Gasteiger partial charge in [0.15, 0.2) is 11.5 Å². The van der Waals surface area contributed by atoms with Crippen molar-refractivity contribution in [2.24, 2.45) is 5.73 Å². The zero-order chi connectivity index (χ0) is 13.2. The van der Waals surface area contributed by atoms with E-state index in [0.29, 0.717) is 0 Å². The maximum Gasteiger partial charge on any atom is 0.166 e. The second kappa shape index (κ2) is 5.19. The predicted octanol–water partition coefficient (Wildman–Crippen LogP) is 3.21. The van der Waals surface area contributed by atoms with Gasteiger partial charge in [-0.25, -0.2) is 0 Å². The first-order chi connectivity index (χ1) is 8.57. The zero-order valence-corrected chi connectivity index (χ0v) is 11.5. The molecule has 0 spiro atoms. The molecule has 0 aliphatic heterocycles. The minimum absolute atomic E-state index is 0.116. The van der Waals surface area contributed by atoms with Crippen LogP contribution in [0.25, 0.3) is 0 Å². The first-order valence-corrected chi connectivity index (χ1v) is 6.70. The van der Waals surface area contributed by atoms with Gasteiger partial charge in [0.05, 0.1) is 13.2 Å². The number of ether oxygens (including phenoxy) is 2. The smallest absolute Gasteiger partial charge is 0.166 e. The predicted molar refractivity (Wildman–Crippen MR) is 73.1 cm³/mol. The SMILES string of the molecule is COc1cccc(C2(N)CCCC2)c1OC(C)C. The van der Waals surface area contributed by atoms with Gasteiger partial charge in [-0.1, -0.05) is 25.0 Å². The van der Waals surface area contributed by atoms with Crippen LogP contribution < -0.4 is 15.2 Å². The van der Waals surface area contributed by atoms with Crippen LogP contribution in [0, 0.1) is 0 Å². The highest BCUT2D eigenvalue weighted by Crippen LogP contribution is 2.44. The number of rotatable bonds is 4. The van der Waals surface area contributed by atoms with Crippen molar-refractivity contribution < 1.29 is 9.47 Å². The second-order valence-electron chi connectivity index (χ2n) is 5.37. The zero-order valence-electron chi connectivity index (χ0n) is 11.5. The molecular weight excluding hydrogens is 226 g/mol. The molecule has 0 saturated heterocycles. The summed E-state index contributed by atoms with van der Waals surface area (Å²) in [6.45, 7) is 4.04. The molecule has 1 aromatic carbocycles. The Bertz CT molecular complexity index is 409. The standard InChI is InChI=1S/C15H23NO2/c1-11(2)18-14-12(7-6-8-13(14)17-3)15(16)9-4-5-10-15/h6-8,11H,4-5,9-10,16H2,1-3H3. The number of methoxy groups -OCH3 is 1. The fourth-order valence-corrected chi connectivity index (χ4v) is 2.70. The van der Waals surface area contributed by atoms with Gasteiger partial charge in [0.1, 0.15) is 0 Å². The molecule has 1 aromatic rings. The monoisotopic (exact) mass is 249 g/mol. The van der Waals surface area contributed by atoms with Crippen LogP contribution in [0.4, 0.5) is 0 Å². The fourth-order valence-electron chi connectivity index (χ4n) is 2.70. The molecule has 1 aliphatic rings. The average Bonchev–Trinajstić information content (AvgIpc) is 2.76. The highest BCUT2D eigenvalue weighted by Gasteiger charge is 2.35. The molecule has 0 amide bonds. The van der Waals surface area contributed by atoms with Gasteiger partial charge in [-0.2, -0.15) is 0 Å². The van der Waals surface area contributed by atoms with Crippen molar-refractivity contribution in [1.29, 1.82) is 0 Å². The lowest BCUT2D eigenvalue weighted by atomic mass is 9.88. The first kappa shape index (κ1) is 13.2. The van der Waals surface area contributed by atoms with Crippen LogP contribution in [0.2, 0.25) is 0 Å². The molecule has 0 unspecified atom stereocenters. The van der Waals surface area contributed by atoms with Crippen LogP contribution >= 0.6 is 0 Å². The van der Waals surface area contributed by atoms with Crippen LogP contribution in [-0.2, 0) is 5.54 Å². The summed E-state index contributed by atoms with van der Waals surface area (Å²) in [6, 6.07) is 6.00. The summed E-state index contributed by atoms with van der Waals surface area (Å²) >= 11 is 0. The molecule has 2 N–H and O–H groups in total. The second-order valence-corrected chi connectivity index (χ2v) is 5.37. The average molecular weight is 249 g/mol. The van der Waals surface area contributed by atoms with Crippen molar-refractivity contribution in [1.82, 2.24) is 0 Å². The Balaban J connectivity index is 2.45. The van der Waals surface area contributed by atoms with E-state index >= 15 is 0 Å². The molecule has 1 fully saturated rings. The van der Waals surface area contributed by atoms with Crippen molar-refractivity contribution in [2.75, 3.05) is 7.11 Å². The van der Waals surface area contributed by atoms with Gasteiger partial charge in [0.25, 0.3) is 0 Å². The molecule has 1 saturated carbocycles. The minimum atomic E-state index is -0.251. The number of hydrogen-bond acceptors (Lipinski definition) is 3. The number of nitrogens with two attached hydrogens (primary N) is 1. The summed E-state index contributed by atoms with van der Waals surface area (Å²) < 4.78 is 11.4. The third-order valence-corrected chi connectivity index (χ3v) is 3.58. The van der Waals surface area contributed by atoms with E-state index < -0.39 is 0 Å². The normalized spacial score (nSPS) is 18.1. The van der Waals surface area contributed by atoms with Crippen molar-refractivity contribution in [3.63, 3.8) is 0 Å². The largest absolute Gasteiger partial charge is 0.493 e. The molecule has 0 radical (unpaired) electrons. The van der Waals surface area contributed by atoms with Gasteiger partial charge in [-0.05, 0) is 32.8 Å². The van der Waals surface area contributed by atoms with E-state index in [-0.39, 0.29) is 11.6 Å². The summed E-state index contributed by atoms with van der Waals surface area (Å²) in [5, 5.41) is 0. The van der Waals surface area contributed by atoms with Crippen LogP contribution in [-0.4, -0.2) is 13.2 Å². The molecule has 3 heteroatoms. The van der Waals surface area contributed by atoms with Crippen molar-refractivity contribution in [2.45, 2.75) is 51.2 Å². The van der Waals surface area contributed by atoms with Crippen molar-refractivity contribution in [3.8, 4) is 11.5 Å². The van der Waals surface area contributed by atoms with E-state index in [2.05, 4.69) is 6.07 Å². The summed E-state index contributed by atoms with van der Waals surface area (Å²) in [4.78, 5) is 0. The maximum absolute atomic E-state index is 6.54. The fraction of sp³-hybridized carbons (Fsp3) is 0.600. The van der Waals surface area contributed by atoms with E-state index in [4.69, 9.17) is 15.2 Å². The summed E-state index contributed by atoms with van der Waals surface area (Å²) in [5.41, 5.74) is 7.38. The molecule has 0 bridgehead atoms. The van der Waals surface area contributed by atoms with E-state index in [0.717, 1.165) is 29.9 Å². The summed E-state index contributed by atoms with van der Waals surface area (Å²) in [6.07, 6.45) is 4.54. The third-order valence-electron chi connectivity index (χ3n) is 3.58. The molecule has 3 nitrogen and oxygen atoms in total. The Morgan fingerprint density at radius 2 is 1.89 bits per heavy atom. The van der Waals surface area contributed by atoms with Gasteiger partial charge in [0.2, 0.25) is 0 Å². The molecule has 100 valence electrons. The van der Waals surface area contributed by atoms with Crippen molar-refractivity contribution >= 4 is 0 Å². The van der Waals surface area contributed by atoms with E-state index in [1.807, 2.05) is 26.0 Å². The van der Waals surface area contributed by atoms with Crippen LogP contribution in [0.15, 0.2) is 18.2 Å². The van der Waals surface area contributed by atoms with Gasteiger partial charge < -0.3 is 15.2 Å². The lowest BCUT2D eigenvalue weighted by molar-refractivity contribution is 0.222. The molecule has 18 heavy (non-hydrogen) atoms. The topological polar surface area (TPSA) is 44.5 Å². The van der Waals surface area contributed by atoms with Crippen LogP contribution in [0.3, 0.4) is 0 Å². The highest BCUT2D eigenvalue weighted by molar-refractivity contribution is 5.50. The molecular formula is C15H23NO2. The molecule has 1 aliphatic carbocycles. The summed E-state index contributed by atoms with van der Waals surface area (Å²) in [5.74, 6) is 1.59. The Hall–Kier alpha value is -1.22.